The van der Waals surface area contributed by atoms with Gasteiger partial charge in [0.25, 0.3) is 0 Å². The van der Waals surface area contributed by atoms with E-state index >= 15 is 0 Å². The highest BCUT2D eigenvalue weighted by atomic mass is 16.2. The van der Waals surface area contributed by atoms with Crippen molar-refractivity contribution in [3.63, 3.8) is 0 Å². The van der Waals surface area contributed by atoms with Crippen molar-refractivity contribution in [1.29, 1.82) is 0 Å². The Bertz CT molecular complexity index is 365. The number of ketones is 1. The van der Waals surface area contributed by atoms with Gasteiger partial charge in [0, 0.05) is 12.5 Å². The van der Waals surface area contributed by atoms with Gasteiger partial charge in [0.15, 0.2) is 5.78 Å². The Hall–Kier alpha value is -1.39. The molecule has 0 bridgehead atoms. The number of carbonyl (C=O) groups is 3. The molecule has 0 aliphatic carbocycles. The maximum absolute atomic E-state index is 12.1. The normalized spacial score (nSPS) is 24.5. The van der Waals surface area contributed by atoms with Crippen LogP contribution < -0.4 is 0 Å². The fraction of sp³-hybridized carbons (Fsp3) is 0.750. The molecule has 17 heavy (non-hydrogen) atoms. The topological polar surface area (TPSA) is 57.7 Å². The summed E-state index contributed by atoms with van der Waals surface area (Å²) in [5, 5.41) is 0. The van der Waals surface area contributed by atoms with Gasteiger partial charge in [0.1, 0.15) is 12.6 Å². The molecule has 2 amide bonds. The number of hydrogen-bond donors (Lipinski definition) is 0. The summed E-state index contributed by atoms with van der Waals surface area (Å²) in [6, 6.07) is -0.309. The molecule has 0 spiro atoms. The highest BCUT2D eigenvalue weighted by molar-refractivity contribution is 5.97. The summed E-state index contributed by atoms with van der Waals surface area (Å²) in [6.07, 6.45) is 1.62. The lowest BCUT2D eigenvalue weighted by Crippen LogP contribution is -2.58. The molecule has 5 nitrogen and oxygen atoms in total. The van der Waals surface area contributed by atoms with Crippen molar-refractivity contribution in [1.82, 2.24) is 9.80 Å². The zero-order valence-corrected chi connectivity index (χ0v) is 10.3. The van der Waals surface area contributed by atoms with Crippen molar-refractivity contribution >= 4 is 17.6 Å². The molecule has 2 aliphatic heterocycles. The fourth-order valence-corrected chi connectivity index (χ4v) is 2.37. The number of fused-ring (bicyclic) bond motifs is 1. The maximum Gasteiger partial charge on any atom is 0.246 e. The van der Waals surface area contributed by atoms with Crippen molar-refractivity contribution < 1.29 is 14.4 Å². The molecule has 2 heterocycles. The Morgan fingerprint density at radius 1 is 1.41 bits per heavy atom. The maximum atomic E-state index is 12.1. The Kier molecular flexibility index (Phi) is 3.17. The first-order valence-electron chi connectivity index (χ1n) is 6.11. The molecule has 2 fully saturated rings. The summed E-state index contributed by atoms with van der Waals surface area (Å²) in [6.45, 7) is 4.43. The summed E-state index contributed by atoms with van der Waals surface area (Å²) >= 11 is 0. The van der Waals surface area contributed by atoms with E-state index in [4.69, 9.17) is 0 Å². The van der Waals surface area contributed by atoms with Crippen LogP contribution in [0.4, 0.5) is 0 Å². The molecule has 2 saturated heterocycles. The number of piperazine rings is 1. The Labute approximate surface area is 101 Å². The third kappa shape index (κ3) is 2.18. The van der Waals surface area contributed by atoms with Crippen LogP contribution in [0.15, 0.2) is 0 Å². The lowest BCUT2D eigenvalue weighted by molar-refractivity contribution is -0.154. The molecular formula is C12H18N2O3. The highest BCUT2D eigenvalue weighted by Gasteiger charge is 2.42. The van der Waals surface area contributed by atoms with Crippen LogP contribution in [0.5, 0.6) is 0 Å². The molecule has 2 rings (SSSR count). The van der Waals surface area contributed by atoms with E-state index in [1.807, 2.05) is 0 Å². The summed E-state index contributed by atoms with van der Waals surface area (Å²) in [5.41, 5.74) is 0. The third-order valence-corrected chi connectivity index (χ3v) is 3.49. The predicted molar refractivity (Wildman–Crippen MR) is 61.2 cm³/mol. The number of Topliss-reactive ketones (excluding diaryl/α,β-unsaturated/α-hetero) is 1. The van der Waals surface area contributed by atoms with Gasteiger partial charge in [0.2, 0.25) is 11.8 Å². The second kappa shape index (κ2) is 4.47. The van der Waals surface area contributed by atoms with Gasteiger partial charge >= 0.3 is 0 Å². The van der Waals surface area contributed by atoms with Crippen molar-refractivity contribution in [2.45, 2.75) is 32.7 Å². The lowest BCUT2D eigenvalue weighted by atomic mass is 10.1. The average molecular weight is 238 g/mol. The molecule has 0 aromatic heterocycles. The van der Waals surface area contributed by atoms with E-state index < -0.39 is 0 Å². The Balaban J connectivity index is 2.07. The quantitative estimate of drug-likeness (QED) is 0.698. The number of carbonyl (C=O) groups excluding carboxylic acids is 3. The van der Waals surface area contributed by atoms with Crippen LogP contribution in [0.25, 0.3) is 0 Å². The van der Waals surface area contributed by atoms with Crippen LogP contribution >= 0.6 is 0 Å². The van der Waals surface area contributed by atoms with Gasteiger partial charge in [-0.2, -0.15) is 0 Å². The molecule has 5 heteroatoms. The first kappa shape index (κ1) is 12.1. The first-order chi connectivity index (χ1) is 8.00. The molecule has 0 aromatic carbocycles. The smallest absolute Gasteiger partial charge is 0.246 e. The van der Waals surface area contributed by atoms with E-state index in [9.17, 15) is 14.4 Å². The average Bonchev–Trinajstić information content (AvgIpc) is 2.74. The molecule has 0 radical (unpaired) electrons. The molecule has 0 saturated carbocycles. The van der Waals surface area contributed by atoms with Gasteiger partial charge < -0.3 is 9.80 Å². The summed E-state index contributed by atoms with van der Waals surface area (Å²) in [4.78, 5) is 38.6. The second-order valence-electron chi connectivity index (χ2n) is 5.06. The van der Waals surface area contributed by atoms with E-state index in [1.165, 1.54) is 4.90 Å². The third-order valence-electron chi connectivity index (χ3n) is 3.49. The van der Waals surface area contributed by atoms with Crippen LogP contribution in [-0.2, 0) is 14.4 Å². The number of nitrogens with zero attached hydrogens (tertiary/aromatic N) is 2. The van der Waals surface area contributed by atoms with Gasteiger partial charge in [-0.1, -0.05) is 13.8 Å². The van der Waals surface area contributed by atoms with Crippen molar-refractivity contribution in [2.24, 2.45) is 5.92 Å². The number of hydrogen-bond acceptors (Lipinski definition) is 3. The summed E-state index contributed by atoms with van der Waals surface area (Å²) in [7, 11) is 0. The molecule has 94 valence electrons. The van der Waals surface area contributed by atoms with Crippen molar-refractivity contribution in [3.05, 3.63) is 0 Å². The summed E-state index contributed by atoms with van der Waals surface area (Å²) < 4.78 is 0. The van der Waals surface area contributed by atoms with Crippen LogP contribution in [0.2, 0.25) is 0 Å². The van der Waals surface area contributed by atoms with Crippen LogP contribution in [-0.4, -0.2) is 53.1 Å². The van der Waals surface area contributed by atoms with E-state index in [1.54, 1.807) is 18.7 Å². The number of rotatable bonds is 3. The van der Waals surface area contributed by atoms with Gasteiger partial charge in [-0.05, 0) is 12.8 Å². The lowest BCUT2D eigenvalue weighted by Gasteiger charge is -2.36. The second-order valence-corrected chi connectivity index (χ2v) is 5.06. The van der Waals surface area contributed by atoms with E-state index in [0.717, 1.165) is 12.8 Å². The first-order valence-corrected chi connectivity index (χ1v) is 6.11. The minimum absolute atomic E-state index is 0.0117. The van der Waals surface area contributed by atoms with E-state index in [0.29, 0.717) is 6.54 Å². The largest absolute Gasteiger partial charge is 0.329 e. The Morgan fingerprint density at radius 3 is 2.76 bits per heavy atom. The van der Waals surface area contributed by atoms with Crippen LogP contribution in [0.3, 0.4) is 0 Å². The highest BCUT2D eigenvalue weighted by Crippen LogP contribution is 2.23. The van der Waals surface area contributed by atoms with E-state index in [-0.39, 0.29) is 42.6 Å². The van der Waals surface area contributed by atoms with Gasteiger partial charge in [-0.3, -0.25) is 14.4 Å². The molecule has 1 unspecified atom stereocenters. The number of amides is 2. The molecule has 0 aromatic rings. The zero-order chi connectivity index (χ0) is 12.6. The minimum atomic E-state index is -0.309. The fourth-order valence-electron chi connectivity index (χ4n) is 2.37. The van der Waals surface area contributed by atoms with Crippen LogP contribution in [0.1, 0.15) is 26.7 Å². The predicted octanol–water partition coefficient (Wildman–Crippen LogP) is 0.0447. The van der Waals surface area contributed by atoms with Crippen LogP contribution in [0, 0.1) is 5.92 Å². The molecule has 2 aliphatic rings. The molecule has 1 atom stereocenters. The summed E-state index contributed by atoms with van der Waals surface area (Å²) in [5.74, 6) is -0.170. The molecular weight excluding hydrogens is 220 g/mol. The SMILES string of the molecule is CC(C)C(=O)CN1CC(=O)N2CCCC2C1=O. The van der Waals surface area contributed by atoms with Gasteiger partial charge in [-0.15, -0.1) is 0 Å². The van der Waals surface area contributed by atoms with Crippen molar-refractivity contribution in [2.75, 3.05) is 19.6 Å². The monoisotopic (exact) mass is 238 g/mol. The molecule has 0 N–H and O–H groups in total. The van der Waals surface area contributed by atoms with Gasteiger partial charge in [0.05, 0.1) is 6.54 Å². The van der Waals surface area contributed by atoms with Crippen molar-refractivity contribution in [3.8, 4) is 0 Å². The Morgan fingerprint density at radius 2 is 2.12 bits per heavy atom. The van der Waals surface area contributed by atoms with E-state index in [2.05, 4.69) is 0 Å². The zero-order valence-electron chi connectivity index (χ0n) is 10.3. The van der Waals surface area contributed by atoms with Gasteiger partial charge in [-0.25, -0.2) is 0 Å². The standard InChI is InChI=1S/C12H18N2O3/c1-8(2)10(15)6-13-7-11(16)14-5-3-4-9(14)12(13)17/h8-9H,3-7H2,1-2H3. The minimum Gasteiger partial charge on any atom is -0.329 e.